The van der Waals surface area contributed by atoms with Crippen molar-refractivity contribution in [2.75, 3.05) is 6.54 Å². The van der Waals surface area contributed by atoms with Gasteiger partial charge in [0.1, 0.15) is 0 Å². The van der Waals surface area contributed by atoms with Crippen LogP contribution < -0.4 is 0 Å². The first-order valence-electron chi connectivity index (χ1n) is 11.3. The van der Waals surface area contributed by atoms with Gasteiger partial charge in [0, 0.05) is 25.0 Å². The molecule has 0 unspecified atom stereocenters. The van der Waals surface area contributed by atoms with Gasteiger partial charge >= 0.3 is 0 Å². The van der Waals surface area contributed by atoms with E-state index in [4.69, 9.17) is 0 Å². The SMILES string of the molecule is C1=CCN=C1.C1=CN=CC1.CC.CC.CC.CC.CC(C)(C)C.CC(C)(C)C. The summed E-state index contributed by atoms with van der Waals surface area (Å²) in [6.07, 6.45) is 12.5. The molecule has 172 valence electrons. The Morgan fingerprint density at radius 3 is 1.04 bits per heavy atom. The van der Waals surface area contributed by atoms with Crippen LogP contribution in [0.5, 0.6) is 0 Å². The lowest BCUT2D eigenvalue weighted by Gasteiger charge is -2.05. The van der Waals surface area contributed by atoms with E-state index in [1.165, 1.54) is 0 Å². The smallest absolute Gasteiger partial charge is 0.0573 e. The van der Waals surface area contributed by atoms with E-state index in [0.29, 0.717) is 10.8 Å². The molecule has 28 heavy (non-hydrogen) atoms. The molecule has 0 N–H and O–H groups in total. The second-order valence-electron chi connectivity index (χ2n) is 7.89. The van der Waals surface area contributed by atoms with Crippen molar-refractivity contribution in [2.24, 2.45) is 20.8 Å². The van der Waals surface area contributed by atoms with Crippen LogP contribution in [0.3, 0.4) is 0 Å². The van der Waals surface area contributed by atoms with Crippen LogP contribution in [0.15, 0.2) is 34.4 Å². The van der Waals surface area contributed by atoms with Gasteiger partial charge in [0.2, 0.25) is 0 Å². The predicted octanol–water partition coefficient (Wildman–Crippen LogP) is 9.81. The third-order valence-corrected chi connectivity index (χ3v) is 1.08. The van der Waals surface area contributed by atoms with Crippen molar-refractivity contribution in [1.82, 2.24) is 0 Å². The highest BCUT2D eigenvalue weighted by Crippen LogP contribution is 2.08. The van der Waals surface area contributed by atoms with Crippen LogP contribution in [-0.4, -0.2) is 19.0 Å². The first-order valence-corrected chi connectivity index (χ1v) is 11.3. The maximum absolute atomic E-state index is 3.85. The monoisotopic (exact) mass is 398 g/mol. The zero-order valence-electron chi connectivity index (χ0n) is 22.8. The summed E-state index contributed by atoms with van der Waals surface area (Å²) >= 11 is 0. The fraction of sp³-hybridized carbons (Fsp3) is 0.769. The summed E-state index contributed by atoms with van der Waals surface area (Å²) < 4.78 is 0. The van der Waals surface area contributed by atoms with Crippen LogP contribution in [0, 0.1) is 10.8 Å². The molecule has 0 aromatic heterocycles. The molecule has 0 saturated carbocycles. The van der Waals surface area contributed by atoms with Crippen LogP contribution in [0.2, 0.25) is 0 Å². The standard InChI is InChI=1S/2C5H12.2C4H5N.4C2H6/c2*1-5(2,3)4;2*1-2-4-5-3-1;4*1-2/h2*1-4H3;1,3-4H,2H2;1-3H,4H2;4*1-2H3. The van der Waals surface area contributed by atoms with Gasteiger partial charge in [-0.05, 0) is 16.9 Å². The average Bonchev–Trinajstić information content (AvgIpc) is 3.37. The summed E-state index contributed by atoms with van der Waals surface area (Å²) in [6, 6.07) is 0. The Labute approximate surface area is 181 Å². The lowest BCUT2D eigenvalue weighted by Crippen LogP contribution is -1.93. The number of aliphatic imine (C=N–C) groups is 2. The lowest BCUT2D eigenvalue weighted by atomic mass is 10.0. The van der Waals surface area contributed by atoms with E-state index in [2.05, 4.69) is 65.4 Å². The van der Waals surface area contributed by atoms with Gasteiger partial charge in [0.15, 0.2) is 0 Å². The molecule has 0 aliphatic carbocycles. The quantitative estimate of drug-likeness (QED) is 0.388. The van der Waals surface area contributed by atoms with Crippen LogP contribution in [0.1, 0.15) is 117 Å². The maximum Gasteiger partial charge on any atom is 0.0573 e. The van der Waals surface area contributed by atoms with Crippen molar-refractivity contribution < 1.29 is 0 Å². The minimum Gasteiger partial charge on any atom is -0.289 e. The van der Waals surface area contributed by atoms with E-state index >= 15 is 0 Å². The van der Waals surface area contributed by atoms with E-state index < -0.39 is 0 Å². The van der Waals surface area contributed by atoms with Crippen molar-refractivity contribution in [2.45, 2.75) is 117 Å². The van der Waals surface area contributed by atoms with Crippen molar-refractivity contribution in [1.29, 1.82) is 0 Å². The summed E-state index contributed by atoms with van der Waals surface area (Å²) in [5.74, 6) is 0. The van der Waals surface area contributed by atoms with Crippen molar-refractivity contribution in [3.8, 4) is 0 Å². The van der Waals surface area contributed by atoms with Crippen molar-refractivity contribution in [3.05, 3.63) is 24.4 Å². The van der Waals surface area contributed by atoms with Gasteiger partial charge in [-0.2, -0.15) is 0 Å². The van der Waals surface area contributed by atoms with Gasteiger partial charge in [0.05, 0.1) is 6.54 Å². The molecular formula is C26H58N2. The van der Waals surface area contributed by atoms with Crippen molar-refractivity contribution in [3.63, 3.8) is 0 Å². The molecule has 0 saturated heterocycles. The average molecular weight is 399 g/mol. The van der Waals surface area contributed by atoms with Gasteiger partial charge in [-0.15, -0.1) is 0 Å². The topological polar surface area (TPSA) is 24.7 Å². The third kappa shape index (κ3) is 181. The summed E-state index contributed by atoms with van der Waals surface area (Å²) in [5.41, 5.74) is 1.00. The minimum atomic E-state index is 0.500. The Hall–Kier alpha value is -1.18. The van der Waals surface area contributed by atoms with Crippen LogP contribution in [0.4, 0.5) is 0 Å². The highest BCUT2D eigenvalue weighted by Gasteiger charge is 1.96. The molecular weight excluding hydrogens is 340 g/mol. The third-order valence-electron chi connectivity index (χ3n) is 1.08. The van der Waals surface area contributed by atoms with Gasteiger partial charge < -0.3 is 0 Å². The molecule has 0 aromatic rings. The molecule has 0 spiro atoms. The van der Waals surface area contributed by atoms with E-state index in [1.807, 2.05) is 79.8 Å². The highest BCUT2D eigenvalue weighted by atomic mass is 14.7. The fourth-order valence-corrected chi connectivity index (χ4v) is 0.609. The molecule has 2 rings (SSSR count). The molecule has 2 aliphatic heterocycles. The molecule has 2 nitrogen and oxygen atoms in total. The number of rotatable bonds is 0. The van der Waals surface area contributed by atoms with Gasteiger partial charge in [-0.1, -0.05) is 123 Å². The van der Waals surface area contributed by atoms with Crippen LogP contribution in [0.25, 0.3) is 0 Å². The van der Waals surface area contributed by atoms with Gasteiger partial charge in [-0.3, -0.25) is 9.98 Å². The first-order chi connectivity index (χ1) is 13.0. The molecule has 2 heterocycles. The molecule has 0 bridgehead atoms. The van der Waals surface area contributed by atoms with Crippen LogP contribution >= 0.6 is 0 Å². The van der Waals surface area contributed by atoms with E-state index in [9.17, 15) is 0 Å². The molecule has 0 radical (unpaired) electrons. The van der Waals surface area contributed by atoms with Crippen LogP contribution in [-0.2, 0) is 0 Å². The highest BCUT2D eigenvalue weighted by molar-refractivity contribution is 5.73. The zero-order chi connectivity index (χ0) is 24.1. The summed E-state index contributed by atoms with van der Waals surface area (Å²) in [6.45, 7) is 34.4. The van der Waals surface area contributed by atoms with E-state index in [1.54, 1.807) is 12.4 Å². The Morgan fingerprint density at radius 1 is 0.607 bits per heavy atom. The molecule has 0 amide bonds. The Balaban J connectivity index is -0.0000000515. The first kappa shape index (κ1) is 41.2. The van der Waals surface area contributed by atoms with E-state index in [0.717, 1.165) is 13.0 Å². The molecule has 2 heteroatoms. The summed E-state index contributed by atoms with van der Waals surface area (Å²) in [5, 5.41) is 0. The summed E-state index contributed by atoms with van der Waals surface area (Å²) in [7, 11) is 0. The second-order valence-corrected chi connectivity index (χ2v) is 7.89. The van der Waals surface area contributed by atoms with E-state index in [-0.39, 0.29) is 0 Å². The fourth-order valence-electron chi connectivity index (χ4n) is 0.609. The normalized spacial score (nSPS) is 11.4. The zero-order valence-corrected chi connectivity index (χ0v) is 22.8. The Bertz CT molecular complexity index is 255. The van der Waals surface area contributed by atoms with Gasteiger partial charge in [-0.25, -0.2) is 0 Å². The number of hydrogen-bond acceptors (Lipinski definition) is 2. The predicted molar refractivity (Wildman–Crippen MR) is 140 cm³/mol. The molecule has 0 atom stereocenters. The largest absolute Gasteiger partial charge is 0.289 e. The number of nitrogens with zero attached hydrogens (tertiary/aromatic N) is 2. The Morgan fingerprint density at radius 2 is 0.964 bits per heavy atom. The minimum absolute atomic E-state index is 0.500. The lowest BCUT2D eigenvalue weighted by molar-refractivity contribution is 0.469. The summed E-state index contributed by atoms with van der Waals surface area (Å²) in [4.78, 5) is 7.62. The van der Waals surface area contributed by atoms with Crippen molar-refractivity contribution >= 4 is 12.4 Å². The molecule has 2 aliphatic rings. The molecule has 0 fully saturated rings. The molecule has 0 aromatic carbocycles. The number of allylic oxidation sites excluding steroid dienone is 2. The van der Waals surface area contributed by atoms with Gasteiger partial charge in [0.25, 0.3) is 0 Å². The maximum atomic E-state index is 3.85. The second kappa shape index (κ2) is 36.7. The Kier molecular flexibility index (Phi) is 54.1. The number of hydrogen-bond donors (Lipinski definition) is 0.